The molecular weight excluding hydrogens is 419 g/mol. The minimum atomic E-state index is -1.03. The maximum Gasteiger partial charge on any atom is 0.347 e. The van der Waals surface area contributed by atoms with Gasteiger partial charge in [-0.2, -0.15) is 0 Å². The lowest BCUT2D eigenvalue weighted by atomic mass is 10.3. The van der Waals surface area contributed by atoms with Crippen LogP contribution in [0, 0.1) is 0 Å². The van der Waals surface area contributed by atoms with Gasteiger partial charge in [0.25, 0.3) is 0 Å². The molecule has 0 N–H and O–H groups in total. The third-order valence-corrected chi connectivity index (χ3v) is 3.98. The topological polar surface area (TPSA) is 71.1 Å². The number of ether oxygens (including phenoxy) is 4. The van der Waals surface area contributed by atoms with Crippen molar-refractivity contribution in [2.45, 2.75) is 13.0 Å². The van der Waals surface area contributed by atoms with Crippen molar-refractivity contribution in [3.63, 3.8) is 0 Å². The van der Waals surface area contributed by atoms with E-state index >= 15 is 0 Å². The van der Waals surface area contributed by atoms with Crippen molar-refractivity contribution in [2.24, 2.45) is 0 Å². The van der Waals surface area contributed by atoms with E-state index in [9.17, 15) is 9.59 Å². The van der Waals surface area contributed by atoms with Crippen LogP contribution in [0.5, 0.6) is 17.2 Å². The molecule has 27 heavy (non-hydrogen) atoms. The summed E-state index contributed by atoms with van der Waals surface area (Å²) < 4.78 is 20.5. The van der Waals surface area contributed by atoms with Crippen LogP contribution in [0.15, 0.2) is 36.4 Å². The molecule has 0 fully saturated rings. The number of rotatable bonds is 7. The Bertz CT molecular complexity index is 840. The molecule has 9 heteroatoms. The average molecular weight is 434 g/mol. The molecule has 2 aromatic rings. The fraction of sp³-hybridized carbons (Fsp3) is 0.222. The number of hydrogen-bond acceptors (Lipinski definition) is 6. The van der Waals surface area contributed by atoms with Crippen molar-refractivity contribution in [2.75, 3.05) is 13.7 Å². The summed E-state index contributed by atoms with van der Waals surface area (Å²) in [6.07, 6.45) is -1.03. The summed E-state index contributed by atoms with van der Waals surface area (Å²) >= 11 is 18.0. The molecule has 2 aromatic carbocycles. The fourth-order valence-corrected chi connectivity index (χ4v) is 2.49. The highest BCUT2D eigenvalue weighted by atomic mass is 35.5. The first-order valence-corrected chi connectivity index (χ1v) is 8.76. The van der Waals surface area contributed by atoms with E-state index in [0.29, 0.717) is 20.8 Å². The third-order valence-electron chi connectivity index (χ3n) is 3.22. The molecule has 144 valence electrons. The normalized spacial score (nSPS) is 11.4. The molecule has 0 amide bonds. The van der Waals surface area contributed by atoms with Crippen LogP contribution < -0.4 is 9.47 Å². The first kappa shape index (κ1) is 21.2. The van der Waals surface area contributed by atoms with E-state index in [4.69, 9.17) is 49.0 Å². The van der Waals surface area contributed by atoms with Crippen molar-refractivity contribution >= 4 is 46.7 Å². The zero-order valence-corrected chi connectivity index (χ0v) is 16.6. The number of methoxy groups -OCH3 is 1. The number of carbonyl (C=O) groups excluding carboxylic acids is 2. The Morgan fingerprint density at radius 3 is 2.22 bits per heavy atom. The van der Waals surface area contributed by atoms with E-state index in [1.54, 1.807) is 24.3 Å². The van der Waals surface area contributed by atoms with Gasteiger partial charge in [-0.15, -0.1) is 0 Å². The highest BCUT2D eigenvalue weighted by molar-refractivity contribution is 6.35. The zero-order valence-electron chi connectivity index (χ0n) is 14.3. The van der Waals surface area contributed by atoms with E-state index in [1.165, 1.54) is 26.2 Å². The van der Waals surface area contributed by atoms with Gasteiger partial charge in [-0.25, -0.2) is 9.59 Å². The van der Waals surface area contributed by atoms with Gasteiger partial charge in [0.2, 0.25) is 0 Å². The smallest absolute Gasteiger partial charge is 0.347 e. The molecular formula is C18H15Cl3O6. The summed E-state index contributed by atoms with van der Waals surface area (Å²) in [5.41, 5.74) is 0. The Kier molecular flexibility index (Phi) is 7.59. The fourth-order valence-electron chi connectivity index (χ4n) is 1.88. The second-order valence-corrected chi connectivity index (χ2v) is 6.49. The van der Waals surface area contributed by atoms with Crippen LogP contribution in [-0.2, 0) is 19.1 Å². The van der Waals surface area contributed by atoms with Crippen molar-refractivity contribution < 1.29 is 28.5 Å². The number of benzene rings is 2. The Hall–Kier alpha value is -2.15. The summed E-state index contributed by atoms with van der Waals surface area (Å²) in [4.78, 5) is 23.0. The van der Waals surface area contributed by atoms with Gasteiger partial charge in [0, 0.05) is 16.1 Å². The van der Waals surface area contributed by atoms with Gasteiger partial charge in [-0.3, -0.25) is 0 Å². The molecule has 1 atom stereocenters. The Morgan fingerprint density at radius 1 is 0.963 bits per heavy atom. The molecule has 0 bridgehead atoms. The molecule has 0 aliphatic heterocycles. The standard InChI is InChI=1S/C18H15Cl3O6/c1-10(18(23)25-9-17(22)24-2)26-16-8-12(20)4-6-15(16)27-14-5-3-11(19)7-13(14)21/h3-8,10H,9H2,1-2H3/t10-/m0/s1. The molecule has 0 aliphatic rings. The molecule has 0 saturated carbocycles. The predicted octanol–water partition coefficient (Wildman–Crippen LogP) is 4.92. The van der Waals surface area contributed by atoms with Gasteiger partial charge in [0.05, 0.1) is 12.1 Å². The first-order valence-electron chi connectivity index (χ1n) is 7.62. The SMILES string of the molecule is COC(=O)COC(=O)[C@H](C)Oc1cc(Cl)ccc1Oc1ccc(Cl)cc1Cl. The van der Waals surface area contributed by atoms with Crippen LogP contribution in [0.4, 0.5) is 0 Å². The summed E-state index contributed by atoms with van der Waals surface area (Å²) in [5.74, 6) is -0.628. The lowest BCUT2D eigenvalue weighted by molar-refractivity contribution is -0.161. The highest BCUT2D eigenvalue weighted by Crippen LogP contribution is 2.38. The lowest BCUT2D eigenvalue weighted by Crippen LogP contribution is -2.28. The van der Waals surface area contributed by atoms with Crippen LogP contribution in [0.1, 0.15) is 6.92 Å². The lowest BCUT2D eigenvalue weighted by Gasteiger charge is -2.17. The second kappa shape index (κ2) is 9.69. The maximum absolute atomic E-state index is 11.9. The molecule has 0 heterocycles. The Morgan fingerprint density at radius 2 is 1.59 bits per heavy atom. The van der Waals surface area contributed by atoms with E-state index in [2.05, 4.69) is 4.74 Å². The highest BCUT2D eigenvalue weighted by Gasteiger charge is 2.20. The first-order chi connectivity index (χ1) is 12.8. The molecule has 0 aromatic heterocycles. The Labute approximate surface area is 170 Å². The van der Waals surface area contributed by atoms with Crippen molar-refractivity contribution in [1.29, 1.82) is 0 Å². The van der Waals surface area contributed by atoms with E-state index in [1.807, 2.05) is 0 Å². The van der Waals surface area contributed by atoms with Crippen LogP contribution in [-0.4, -0.2) is 31.8 Å². The van der Waals surface area contributed by atoms with Crippen molar-refractivity contribution in [3.8, 4) is 17.2 Å². The molecule has 0 aliphatic carbocycles. The third kappa shape index (κ3) is 6.20. The summed E-state index contributed by atoms with van der Waals surface area (Å²) in [5, 5.41) is 1.13. The van der Waals surface area contributed by atoms with Gasteiger partial charge in [0.15, 0.2) is 24.2 Å². The van der Waals surface area contributed by atoms with Gasteiger partial charge < -0.3 is 18.9 Å². The zero-order chi connectivity index (χ0) is 20.0. The molecule has 0 unspecified atom stereocenters. The van der Waals surface area contributed by atoms with Crippen LogP contribution in [0.3, 0.4) is 0 Å². The molecule has 2 rings (SSSR count). The van der Waals surface area contributed by atoms with E-state index in [0.717, 1.165) is 0 Å². The van der Waals surface area contributed by atoms with Crippen molar-refractivity contribution in [3.05, 3.63) is 51.5 Å². The van der Waals surface area contributed by atoms with Gasteiger partial charge >= 0.3 is 11.9 Å². The van der Waals surface area contributed by atoms with E-state index in [-0.39, 0.29) is 11.5 Å². The maximum atomic E-state index is 11.9. The second-order valence-electron chi connectivity index (χ2n) is 5.21. The Balaban J connectivity index is 2.15. The number of hydrogen-bond donors (Lipinski definition) is 0. The monoisotopic (exact) mass is 432 g/mol. The van der Waals surface area contributed by atoms with Crippen LogP contribution in [0.2, 0.25) is 15.1 Å². The number of halogens is 3. The summed E-state index contributed by atoms with van der Waals surface area (Å²) in [7, 11) is 1.19. The minimum absolute atomic E-state index is 0.191. The molecule has 0 radical (unpaired) electrons. The minimum Gasteiger partial charge on any atom is -0.475 e. The summed E-state index contributed by atoms with van der Waals surface area (Å²) in [6, 6.07) is 9.37. The summed E-state index contributed by atoms with van der Waals surface area (Å²) in [6.45, 7) is 0.946. The van der Waals surface area contributed by atoms with Crippen molar-refractivity contribution in [1.82, 2.24) is 0 Å². The molecule has 0 saturated heterocycles. The quantitative estimate of drug-likeness (QED) is 0.577. The van der Waals surface area contributed by atoms with Crippen LogP contribution in [0.25, 0.3) is 0 Å². The molecule has 6 nitrogen and oxygen atoms in total. The average Bonchev–Trinajstić information content (AvgIpc) is 2.63. The number of esters is 2. The van der Waals surface area contributed by atoms with E-state index < -0.39 is 24.6 Å². The van der Waals surface area contributed by atoms with Gasteiger partial charge in [-0.05, 0) is 37.3 Å². The largest absolute Gasteiger partial charge is 0.475 e. The predicted molar refractivity (Wildman–Crippen MR) is 101 cm³/mol. The van der Waals surface area contributed by atoms with Crippen LogP contribution >= 0.6 is 34.8 Å². The number of carbonyl (C=O) groups is 2. The molecule has 0 spiro atoms. The van der Waals surface area contributed by atoms with Gasteiger partial charge in [0.1, 0.15) is 5.75 Å². The van der Waals surface area contributed by atoms with Gasteiger partial charge in [-0.1, -0.05) is 34.8 Å².